The molecule has 1 atom stereocenters. The number of rotatable bonds is 7. The highest BCUT2D eigenvalue weighted by atomic mass is 16.5. The summed E-state index contributed by atoms with van der Waals surface area (Å²) in [4.78, 5) is 12.7. The zero-order chi connectivity index (χ0) is 18.4. The van der Waals surface area contributed by atoms with Crippen LogP contribution < -0.4 is 14.8 Å². The van der Waals surface area contributed by atoms with Crippen LogP contribution in [0.1, 0.15) is 18.0 Å². The summed E-state index contributed by atoms with van der Waals surface area (Å²) < 4.78 is 12.8. The van der Waals surface area contributed by atoms with Gasteiger partial charge < -0.3 is 19.4 Å². The first-order valence-corrected chi connectivity index (χ1v) is 8.41. The molecule has 134 valence electrons. The van der Waals surface area contributed by atoms with Crippen molar-refractivity contribution < 1.29 is 14.3 Å². The molecule has 5 nitrogen and oxygen atoms in total. The van der Waals surface area contributed by atoms with Crippen LogP contribution in [0, 0.1) is 0 Å². The van der Waals surface area contributed by atoms with Crippen LogP contribution in [0.5, 0.6) is 11.5 Å². The molecule has 26 heavy (non-hydrogen) atoms. The van der Waals surface area contributed by atoms with Crippen LogP contribution in [-0.2, 0) is 4.79 Å². The van der Waals surface area contributed by atoms with Gasteiger partial charge in [0.1, 0.15) is 11.5 Å². The molecule has 1 amide bonds. The van der Waals surface area contributed by atoms with E-state index in [4.69, 9.17) is 9.47 Å². The van der Waals surface area contributed by atoms with Crippen molar-refractivity contribution in [2.75, 3.05) is 19.5 Å². The largest absolute Gasteiger partial charge is 0.496 e. The molecule has 0 aliphatic rings. The third-order valence-corrected chi connectivity index (χ3v) is 4.25. The van der Waals surface area contributed by atoms with E-state index >= 15 is 0 Å². The standard InChI is InChI=1S/C21H22N2O3/c1-25-19-11-5-3-9-16(19)18(23-13-7-8-14-23)15-21(24)22-17-10-4-6-12-20(17)26-2/h3-14,18H,15H2,1-2H3,(H,22,24). The van der Waals surface area contributed by atoms with Crippen LogP contribution >= 0.6 is 0 Å². The van der Waals surface area contributed by atoms with Gasteiger partial charge in [0.25, 0.3) is 0 Å². The summed E-state index contributed by atoms with van der Waals surface area (Å²) in [6, 6.07) is 18.9. The first kappa shape index (κ1) is 17.6. The first-order valence-electron chi connectivity index (χ1n) is 8.41. The maximum absolute atomic E-state index is 12.7. The van der Waals surface area contributed by atoms with E-state index in [1.165, 1.54) is 0 Å². The van der Waals surface area contributed by atoms with Gasteiger partial charge in [0.05, 0.1) is 32.4 Å². The van der Waals surface area contributed by atoms with E-state index in [1.807, 2.05) is 77.6 Å². The molecule has 0 spiro atoms. The minimum atomic E-state index is -0.171. The molecule has 0 radical (unpaired) electrons. The summed E-state index contributed by atoms with van der Waals surface area (Å²) in [5.74, 6) is 1.30. The Morgan fingerprint density at radius 2 is 1.54 bits per heavy atom. The molecule has 3 aromatic rings. The molecule has 0 fully saturated rings. The van der Waals surface area contributed by atoms with Crippen molar-refractivity contribution in [1.29, 1.82) is 0 Å². The van der Waals surface area contributed by atoms with Crippen molar-refractivity contribution >= 4 is 11.6 Å². The number of methoxy groups -OCH3 is 2. The van der Waals surface area contributed by atoms with E-state index in [1.54, 1.807) is 14.2 Å². The number of carbonyl (C=O) groups excluding carboxylic acids is 1. The average molecular weight is 350 g/mol. The summed E-state index contributed by atoms with van der Waals surface area (Å²) in [5, 5.41) is 2.94. The monoisotopic (exact) mass is 350 g/mol. The van der Waals surface area contributed by atoms with Crippen molar-refractivity contribution in [3.8, 4) is 11.5 Å². The number of hydrogen-bond acceptors (Lipinski definition) is 3. The lowest BCUT2D eigenvalue weighted by molar-refractivity contribution is -0.116. The molecule has 2 aromatic carbocycles. The number of ether oxygens (including phenoxy) is 2. The molecule has 0 aliphatic carbocycles. The van der Waals surface area contributed by atoms with Crippen LogP contribution in [0.2, 0.25) is 0 Å². The van der Waals surface area contributed by atoms with E-state index in [0.29, 0.717) is 11.4 Å². The minimum absolute atomic E-state index is 0.0980. The molecule has 1 heterocycles. The number of anilines is 1. The highest BCUT2D eigenvalue weighted by Gasteiger charge is 2.21. The lowest BCUT2D eigenvalue weighted by atomic mass is 10.0. The van der Waals surface area contributed by atoms with Crippen LogP contribution in [0.4, 0.5) is 5.69 Å². The Balaban J connectivity index is 1.86. The Kier molecular flexibility index (Phi) is 5.59. The third-order valence-electron chi connectivity index (χ3n) is 4.25. The van der Waals surface area contributed by atoms with Gasteiger partial charge in [-0.2, -0.15) is 0 Å². The highest BCUT2D eigenvalue weighted by Crippen LogP contribution is 2.31. The van der Waals surface area contributed by atoms with Gasteiger partial charge in [0, 0.05) is 18.0 Å². The Hall–Kier alpha value is -3.21. The fourth-order valence-electron chi connectivity index (χ4n) is 3.00. The number of nitrogens with zero attached hydrogens (tertiary/aromatic N) is 1. The molecule has 5 heteroatoms. The SMILES string of the molecule is COc1ccccc1NC(=O)CC(c1ccccc1OC)n1cccc1. The van der Waals surface area contributed by atoms with Crippen LogP contribution in [0.3, 0.4) is 0 Å². The molecule has 1 unspecified atom stereocenters. The summed E-state index contributed by atoms with van der Waals surface area (Å²) in [6.45, 7) is 0. The van der Waals surface area contributed by atoms with Crippen LogP contribution in [0.15, 0.2) is 73.1 Å². The third kappa shape index (κ3) is 3.88. The topological polar surface area (TPSA) is 52.5 Å². The quantitative estimate of drug-likeness (QED) is 0.697. The van der Waals surface area contributed by atoms with Crippen molar-refractivity contribution in [3.05, 3.63) is 78.6 Å². The number of amides is 1. The molecule has 1 N–H and O–H groups in total. The molecule has 0 bridgehead atoms. The number of carbonyl (C=O) groups is 1. The predicted molar refractivity (Wildman–Crippen MR) is 102 cm³/mol. The lowest BCUT2D eigenvalue weighted by Gasteiger charge is -2.21. The van der Waals surface area contributed by atoms with Gasteiger partial charge in [0.2, 0.25) is 5.91 Å². The predicted octanol–water partition coefficient (Wildman–Crippen LogP) is 4.12. The summed E-state index contributed by atoms with van der Waals surface area (Å²) in [7, 11) is 3.23. The number of benzene rings is 2. The Morgan fingerprint density at radius 1 is 0.923 bits per heavy atom. The molecule has 3 rings (SSSR count). The number of nitrogens with one attached hydrogen (secondary N) is 1. The minimum Gasteiger partial charge on any atom is -0.496 e. The fraction of sp³-hybridized carbons (Fsp3) is 0.190. The van der Waals surface area contributed by atoms with Gasteiger partial charge in [-0.15, -0.1) is 0 Å². The Morgan fingerprint density at radius 3 is 2.23 bits per heavy atom. The Bertz CT molecular complexity index is 859. The zero-order valence-corrected chi connectivity index (χ0v) is 14.9. The van der Waals surface area contributed by atoms with Crippen molar-refractivity contribution in [3.63, 3.8) is 0 Å². The van der Waals surface area contributed by atoms with Crippen LogP contribution in [0.25, 0.3) is 0 Å². The second kappa shape index (κ2) is 8.25. The van der Waals surface area contributed by atoms with Gasteiger partial charge in [-0.25, -0.2) is 0 Å². The zero-order valence-electron chi connectivity index (χ0n) is 14.9. The summed E-state index contributed by atoms with van der Waals surface area (Å²) in [6.07, 6.45) is 4.17. The molecule has 0 saturated heterocycles. The van der Waals surface area contributed by atoms with Gasteiger partial charge in [-0.3, -0.25) is 4.79 Å². The van der Waals surface area contributed by atoms with E-state index in [0.717, 1.165) is 11.3 Å². The highest BCUT2D eigenvalue weighted by molar-refractivity contribution is 5.92. The normalized spacial score (nSPS) is 11.6. The lowest BCUT2D eigenvalue weighted by Crippen LogP contribution is -2.20. The van der Waals surface area contributed by atoms with E-state index in [2.05, 4.69) is 5.32 Å². The van der Waals surface area contributed by atoms with Gasteiger partial charge in [-0.05, 0) is 30.3 Å². The maximum Gasteiger partial charge on any atom is 0.226 e. The first-order chi connectivity index (χ1) is 12.7. The molecule has 0 saturated carbocycles. The molecular formula is C21H22N2O3. The fourth-order valence-corrected chi connectivity index (χ4v) is 3.00. The summed E-state index contributed by atoms with van der Waals surface area (Å²) >= 11 is 0. The van der Waals surface area contributed by atoms with E-state index in [9.17, 15) is 4.79 Å². The second-order valence-electron chi connectivity index (χ2n) is 5.84. The van der Waals surface area contributed by atoms with Crippen molar-refractivity contribution in [1.82, 2.24) is 4.57 Å². The average Bonchev–Trinajstić information content (AvgIpc) is 3.21. The van der Waals surface area contributed by atoms with E-state index in [-0.39, 0.29) is 18.4 Å². The van der Waals surface area contributed by atoms with Gasteiger partial charge in [0.15, 0.2) is 0 Å². The molecule has 1 aromatic heterocycles. The molecular weight excluding hydrogens is 328 g/mol. The molecule has 0 aliphatic heterocycles. The van der Waals surface area contributed by atoms with Crippen molar-refractivity contribution in [2.24, 2.45) is 0 Å². The van der Waals surface area contributed by atoms with Crippen LogP contribution in [-0.4, -0.2) is 24.7 Å². The second-order valence-corrected chi connectivity index (χ2v) is 5.84. The van der Waals surface area contributed by atoms with E-state index < -0.39 is 0 Å². The van der Waals surface area contributed by atoms with Gasteiger partial charge >= 0.3 is 0 Å². The maximum atomic E-state index is 12.7. The number of aromatic nitrogens is 1. The smallest absolute Gasteiger partial charge is 0.226 e. The Labute approximate surface area is 153 Å². The number of para-hydroxylation sites is 3. The van der Waals surface area contributed by atoms with Crippen molar-refractivity contribution in [2.45, 2.75) is 12.5 Å². The summed E-state index contributed by atoms with van der Waals surface area (Å²) in [5.41, 5.74) is 1.62. The van der Waals surface area contributed by atoms with Gasteiger partial charge in [-0.1, -0.05) is 30.3 Å². The number of hydrogen-bond donors (Lipinski definition) is 1.